The maximum absolute atomic E-state index is 13.3. The van der Waals surface area contributed by atoms with Gasteiger partial charge in [-0.1, -0.05) is 11.3 Å². The van der Waals surface area contributed by atoms with Gasteiger partial charge in [0.2, 0.25) is 18.2 Å². The molecule has 32 heavy (non-hydrogen) atoms. The number of rotatable bonds is 3. The van der Waals surface area contributed by atoms with Crippen molar-refractivity contribution in [3.8, 4) is 10.6 Å². The minimum absolute atomic E-state index is 0.0657. The van der Waals surface area contributed by atoms with Crippen LogP contribution in [0.25, 0.3) is 10.6 Å². The Bertz CT molecular complexity index is 1060. The summed E-state index contributed by atoms with van der Waals surface area (Å²) in [4.78, 5) is 28.6. The lowest BCUT2D eigenvalue weighted by atomic mass is 9.66. The number of carbonyl (C=O) groups is 2. The summed E-state index contributed by atoms with van der Waals surface area (Å²) >= 11 is 1.44. The van der Waals surface area contributed by atoms with Gasteiger partial charge < -0.3 is 30.1 Å². The highest BCUT2D eigenvalue weighted by Crippen LogP contribution is 2.47. The minimum atomic E-state index is -1.42. The molecule has 2 amide bonds. The predicted molar refractivity (Wildman–Crippen MR) is 116 cm³/mol. The van der Waals surface area contributed by atoms with Crippen molar-refractivity contribution in [1.82, 2.24) is 20.8 Å². The zero-order chi connectivity index (χ0) is 22.6. The molecule has 1 spiro atoms. The smallest absolute Gasteiger partial charge is 0.241 e. The Labute approximate surface area is 188 Å². The van der Waals surface area contributed by atoms with Gasteiger partial charge in [-0.3, -0.25) is 9.59 Å². The second kappa shape index (κ2) is 7.77. The van der Waals surface area contributed by atoms with Crippen LogP contribution in [0.4, 0.5) is 5.69 Å². The van der Waals surface area contributed by atoms with E-state index in [2.05, 4.69) is 25.7 Å². The number of hydrogen-bond donors (Lipinski definition) is 3. The summed E-state index contributed by atoms with van der Waals surface area (Å²) < 4.78 is 11.2. The van der Waals surface area contributed by atoms with E-state index in [0.29, 0.717) is 13.2 Å². The van der Waals surface area contributed by atoms with Gasteiger partial charge in [-0.2, -0.15) is 0 Å². The van der Waals surface area contributed by atoms with Crippen LogP contribution in [0.1, 0.15) is 24.4 Å². The van der Waals surface area contributed by atoms with Gasteiger partial charge in [-0.15, -0.1) is 10.2 Å². The fourth-order valence-electron chi connectivity index (χ4n) is 5.21. The fourth-order valence-corrected chi connectivity index (χ4v) is 6.02. The van der Waals surface area contributed by atoms with Gasteiger partial charge in [0.05, 0.1) is 24.9 Å². The van der Waals surface area contributed by atoms with Crippen molar-refractivity contribution >= 4 is 28.8 Å². The van der Waals surface area contributed by atoms with E-state index < -0.39 is 29.6 Å². The number of amides is 2. The normalized spacial score (nSPS) is 31.7. The van der Waals surface area contributed by atoms with Crippen LogP contribution in [0.3, 0.4) is 0 Å². The molecule has 11 heteroatoms. The maximum Gasteiger partial charge on any atom is 0.241 e. The van der Waals surface area contributed by atoms with E-state index >= 15 is 0 Å². The average Bonchev–Trinajstić information content (AvgIpc) is 3.20. The number of nitrogens with one attached hydrogen (secondary N) is 2. The lowest BCUT2D eigenvalue weighted by Gasteiger charge is -2.56. The molecule has 10 nitrogen and oxygen atoms in total. The number of hydrogen-bond acceptors (Lipinski definition) is 9. The predicted octanol–water partition coefficient (Wildman–Crippen LogP) is 0.398. The topological polar surface area (TPSA) is 126 Å². The summed E-state index contributed by atoms with van der Waals surface area (Å²) in [5, 5.41) is 24.8. The van der Waals surface area contributed by atoms with Crippen molar-refractivity contribution in [3.05, 3.63) is 28.8 Å². The van der Waals surface area contributed by atoms with Gasteiger partial charge in [-0.05, 0) is 44.0 Å². The molecule has 1 aromatic carbocycles. The molecule has 2 fully saturated rings. The molecular formula is C21H25N5O5S. The van der Waals surface area contributed by atoms with Crippen molar-refractivity contribution in [2.45, 2.75) is 51.5 Å². The van der Waals surface area contributed by atoms with E-state index in [9.17, 15) is 14.7 Å². The highest BCUT2D eigenvalue weighted by Gasteiger charge is 2.62. The van der Waals surface area contributed by atoms with Crippen LogP contribution in [-0.4, -0.2) is 65.4 Å². The molecule has 1 aromatic heterocycles. The molecule has 3 aliphatic rings. The van der Waals surface area contributed by atoms with E-state index in [1.165, 1.54) is 11.3 Å². The Morgan fingerprint density at radius 2 is 2.03 bits per heavy atom. The SMILES string of the molecule is COCc1nnc(-c2ccc3c(c2)CC2(C(=O)NC(O)NC2=O)C2[C@H](C)O[C@H](C)CN32)s1. The molecule has 2 aromatic rings. The van der Waals surface area contributed by atoms with Gasteiger partial charge in [0, 0.05) is 24.9 Å². The number of carbonyl (C=O) groups excluding carboxylic acids is 2. The molecule has 0 saturated carbocycles. The van der Waals surface area contributed by atoms with Crippen LogP contribution in [0.5, 0.6) is 0 Å². The Balaban J connectivity index is 1.62. The summed E-state index contributed by atoms with van der Waals surface area (Å²) in [5.41, 5.74) is 1.28. The highest BCUT2D eigenvalue weighted by molar-refractivity contribution is 7.14. The van der Waals surface area contributed by atoms with Crippen LogP contribution >= 0.6 is 11.3 Å². The molecule has 3 N–H and O–H groups in total. The molecule has 1 unspecified atom stereocenters. The van der Waals surface area contributed by atoms with Crippen molar-refractivity contribution in [3.63, 3.8) is 0 Å². The number of aliphatic hydroxyl groups is 1. The average molecular weight is 460 g/mol. The van der Waals surface area contributed by atoms with E-state index in [4.69, 9.17) is 9.47 Å². The van der Waals surface area contributed by atoms with Crippen molar-refractivity contribution < 1.29 is 24.2 Å². The zero-order valence-electron chi connectivity index (χ0n) is 18.0. The van der Waals surface area contributed by atoms with Gasteiger partial charge in [0.1, 0.15) is 10.0 Å². The van der Waals surface area contributed by atoms with E-state index in [-0.39, 0.29) is 18.6 Å². The standard InChI is InChI=1S/C21H25N5O5S/c1-10-8-26-14-5-4-12(17-25-24-15(32-17)9-30-3)6-13(14)7-21(16(26)11(2)31-10)18(27)22-20(29)23-19(21)28/h4-6,10-11,16,20,29H,7-9H2,1-3H3,(H,22,27)(H,23,28)/t10-,11+,16?,20?,21?/m1/s1. The van der Waals surface area contributed by atoms with Crippen LogP contribution in [0.2, 0.25) is 0 Å². The third-order valence-corrected chi connectivity index (χ3v) is 7.32. The Morgan fingerprint density at radius 3 is 2.75 bits per heavy atom. The van der Waals surface area contributed by atoms with Crippen molar-refractivity contribution in [2.24, 2.45) is 5.41 Å². The first-order valence-electron chi connectivity index (χ1n) is 10.5. The van der Waals surface area contributed by atoms with Gasteiger partial charge in [0.25, 0.3) is 0 Å². The fraction of sp³-hybridized carbons (Fsp3) is 0.524. The van der Waals surface area contributed by atoms with Crippen molar-refractivity contribution in [2.75, 3.05) is 18.6 Å². The first-order chi connectivity index (χ1) is 15.3. The van der Waals surface area contributed by atoms with Gasteiger partial charge in [-0.25, -0.2) is 0 Å². The number of aliphatic hydroxyl groups excluding tert-OH is 1. The van der Waals surface area contributed by atoms with Gasteiger partial charge in [0.15, 0.2) is 5.41 Å². The second-order valence-corrected chi connectivity index (χ2v) is 9.59. The molecule has 5 rings (SSSR count). The largest absolute Gasteiger partial charge is 0.377 e. The van der Waals surface area contributed by atoms with Crippen LogP contribution in [0, 0.1) is 5.41 Å². The highest BCUT2D eigenvalue weighted by atomic mass is 32.1. The number of morpholine rings is 1. The summed E-state index contributed by atoms with van der Waals surface area (Å²) in [5.74, 6) is -0.994. The number of fused-ring (bicyclic) bond motifs is 4. The summed E-state index contributed by atoms with van der Waals surface area (Å²) in [6, 6.07) is 5.47. The number of benzene rings is 1. The van der Waals surface area contributed by atoms with Crippen molar-refractivity contribution in [1.29, 1.82) is 0 Å². The molecule has 0 bridgehead atoms. The zero-order valence-corrected chi connectivity index (χ0v) is 18.8. The summed E-state index contributed by atoms with van der Waals surface area (Å²) in [7, 11) is 1.61. The quantitative estimate of drug-likeness (QED) is 0.563. The first-order valence-corrected chi connectivity index (χ1v) is 11.3. The lowest BCUT2D eigenvalue weighted by Crippen LogP contribution is -2.76. The third-order valence-electron chi connectivity index (χ3n) is 6.37. The molecule has 0 aliphatic carbocycles. The number of aromatic nitrogens is 2. The number of methoxy groups -OCH3 is 1. The summed E-state index contributed by atoms with van der Waals surface area (Å²) in [6.07, 6.45) is -1.64. The first kappa shape index (κ1) is 21.3. The number of ether oxygens (including phenoxy) is 2. The lowest BCUT2D eigenvalue weighted by molar-refractivity contribution is -0.163. The monoisotopic (exact) mass is 459 g/mol. The van der Waals surface area contributed by atoms with Crippen LogP contribution in [0.15, 0.2) is 18.2 Å². The molecule has 170 valence electrons. The Hall–Kier alpha value is -2.60. The molecule has 3 aliphatic heterocycles. The van der Waals surface area contributed by atoms with E-state index in [1.807, 2.05) is 32.0 Å². The maximum atomic E-state index is 13.3. The van der Waals surface area contributed by atoms with Gasteiger partial charge >= 0.3 is 0 Å². The molecule has 0 radical (unpaired) electrons. The summed E-state index contributed by atoms with van der Waals surface area (Å²) in [6.45, 7) is 4.80. The molecule has 4 heterocycles. The second-order valence-electron chi connectivity index (χ2n) is 8.52. The molecular weight excluding hydrogens is 434 g/mol. The van der Waals surface area contributed by atoms with Crippen LogP contribution in [-0.2, 0) is 32.1 Å². The number of anilines is 1. The Kier molecular flexibility index (Phi) is 5.16. The van der Waals surface area contributed by atoms with E-state index in [0.717, 1.165) is 26.8 Å². The molecule has 3 atom stereocenters. The van der Waals surface area contributed by atoms with Crippen LogP contribution < -0.4 is 15.5 Å². The number of nitrogens with zero attached hydrogens (tertiary/aromatic N) is 3. The third kappa shape index (κ3) is 3.19. The Morgan fingerprint density at radius 1 is 1.28 bits per heavy atom. The molecule has 2 saturated heterocycles. The minimum Gasteiger partial charge on any atom is -0.377 e. The van der Waals surface area contributed by atoms with E-state index in [1.54, 1.807) is 7.11 Å².